The monoisotopic (exact) mass is 564 g/mol. The molecule has 0 atom stereocenters. The molecule has 0 saturated heterocycles. The van der Waals surface area contributed by atoms with Gasteiger partial charge in [-0.2, -0.15) is 0 Å². The maximum atomic E-state index is 11.9. The molecule has 4 rings (SSSR count). The first-order valence-corrected chi connectivity index (χ1v) is 12.9. The zero-order chi connectivity index (χ0) is 23.6. The summed E-state index contributed by atoms with van der Waals surface area (Å²) in [5.74, 6) is -0.0804. The normalized spacial score (nSPS) is 12.1. The van der Waals surface area contributed by atoms with Crippen LogP contribution in [0.1, 0.15) is 0 Å². The van der Waals surface area contributed by atoms with Gasteiger partial charge in [0.25, 0.3) is 0 Å². The predicted octanol–water partition coefficient (Wildman–Crippen LogP) is -7.13. The Labute approximate surface area is 267 Å². The Morgan fingerprint density at radius 1 is 0.657 bits per heavy atom. The van der Waals surface area contributed by atoms with Crippen LogP contribution >= 0.6 is 0 Å². The second kappa shape index (κ2) is 11.5. The van der Waals surface area contributed by atoms with E-state index < -0.39 is 45.0 Å². The van der Waals surface area contributed by atoms with E-state index in [1.807, 2.05) is 0 Å². The van der Waals surface area contributed by atoms with Gasteiger partial charge in [0.05, 0.1) is 14.7 Å². The van der Waals surface area contributed by atoms with Crippen molar-refractivity contribution in [3.8, 4) is 5.75 Å². The summed E-state index contributed by atoms with van der Waals surface area (Å²) in [5.41, 5.74) is 0. The van der Waals surface area contributed by atoms with Crippen LogP contribution in [0.2, 0.25) is 0 Å². The van der Waals surface area contributed by atoms with Gasteiger partial charge >= 0.3 is 88.7 Å². The van der Waals surface area contributed by atoms with Crippen LogP contribution in [0, 0.1) is 0 Å². The van der Waals surface area contributed by atoms with Gasteiger partial charge in [-0.3, -0.25) is 0 Å². The molecule has 0 aliphatic rings. The molecule has 10 nitrogen and oxygen atoms in total. The van der Waals surface area contributed by atoms with Gasteiger partial charge in [-0.15, -0.1) is 0 Å². The van der Waals surface area contributed by atoms with Crippen molar-refractivity contribution < 1.29 is 132 Å². The first kappa shape index (κ1) is 33.2. The van der Waals surface area contributed by atoms with E-state index in [1.165, 1.54) is 18.2 Å². The molecule has 4 aromatic carbocycles. The molecule has 4 aromatic rings. The van der Waals surface area contributed by atoms with Gasteiger partial charge in [0.2, 0.25) is 0 Å². The van der Waals surface area contributed by atoms with Crippen molar-refractivity contribution >= 4 is 62.7 Å². The Morgan fingerprint density at radius 2 is 1.00 bits per heavy atom. The van der Waals surface area contributed by atoms with E-state index in [1.54, 1.807) is 0 Å². The van der Waals surface area contributed by atoms with Crippen molar-refractivity contribution in [2.45, 2.75) is 14.7 Å². The zero-order valence-electron chi connectivity index (χ0n) is 18.8. The number of benzene rings is 4. The van der Waals surface area contributed by atoms with E-state index in [-0.39, 0.29) is 133 Å². The molecule has 0 heterocycles. The minimum Gasteiger partial charge on any atom is -0.744 e. The Kier molecular flexibility index (Phi) is 10.9. The molecule has 0 radical (unpaired) electrons. The van der Waals surface area contributed by atoms with Gasteiger partial charge in [-0.1, -0.05) is 30.9 Å². The quantitative estimate of drug-likeness (QED) is 0.0945. The molecule has 0 bridgehead atoms. The Balaban J connectivity index is 0.00000204. The van der Waals surface area contributed by atoms with E-state index in [9.17, 15) is 38.9 Å². The second-order valence-electron chi connectivity index (χ2n) is 6.78. The molecular weight excluding hydrogens is 553 g/mol. The van der Waals surface area contributed by atoms with Crippen LogP contribution in [0.3, 0.4) is 0 Å². The average Bonchev–Trinajstić information content (AvgIpc) is 2.67. The fourth-order valence-corrected chi connectivity index (χ4v) is 5.92. The van der Waals surface area contributed by atoms with Gasteiger partial charge in [-0.05, 0) is 18.2 Å². The molecule has 0 amide bonds. The largest absolute Gasteiger partial charge is 1.00 e. The van der Waals surface area contributed by atoms with Gasteiger partial charge in [0.15, 0.2) is 0 Å². The fourth-order valence-electron chi connectivity index (χ4n) is 3.75. The summed E-state index contributed by atoms with van der Waals surface area (Å²) in [7, 11) is -15.6. The summed E-state index contributed by atoms with van der Waals surface area (Å²) in [5, 5.41) is -0.672. The first-order chi connectivity index (χ1) is 14.7. The Bertz CT molecular complexity index is 1720. The van der Waals surface area contributed by atoms with Crippen molar-refractivity contribution in [2.75, 3.05) is 6.61 Å². The third-order valence-electron chi connectivity index (χ3n) is 4.91. The number of hydrogen-bond donors (Lipinski definition) is 0. The molecule has 0 aliphatic heterocycles. The summed E-state index contributed by atoms with van der Waals surface area (Å²) in [6.07, 6.45) is 1.35. The smallest absolute Gasteiger partial charge is 0.744 e. The molecule has 16 heteroatoms. The van der Waals surface area contributed by atoms with Crippen LogP contribution in [-0.2, 0) is 30.4 Å². The maximum absolute atomic E-state index is 11.9. The minimum absolute atomic E-state index is 0. The molecule has 0 unspecified atom stereocenters. The maximum Gasteiger partial charge on any atom is 1.00 e. The molecule has 0 N–H and O–H groups in total. The third kappa shape index (κ3) is 6.10. The van der Waals surface area contributed by atoms with E-state index >= 15 is 0 Å². The first-order valence-electron chi connectivity index (χ1n) is 8.65. The van der Waals surface area contributed by atoms with Gasteiger partial charge in [-0.25, -0.2) is 25.3 Å². The summed E-state index contributed by atoms with van der Waals surface area (Å²) in [6, 6.07) is 6.23. The van der Waals surface area contributed by atoms with Crippen molar-refractivity contribution in [1.82, 2.24) is 0 Å². The fraction of sp³-hybridized carbons (Fsp3) is 0.0526. The summed E-state index contributed by atoms with van der Waals surface area (Å²) < 4.78 is 112. The van der Waals surface area contributed by atoms with Crippen LogP contribution in [0.25, 0.3) is 32.3 Å². The average molecular weight is 564 g/mol. The van der Waals surface area contributed by atoms with Crippen LogP contribution in [0.4, 0.5) is 0 Å². The van der Waals surface area contributed by atoms with Crippen LogP contribution < -0.4 is 93.4 Å². The zero-order valence-corrected chi connectivity index (χ0v) is 27.2. The predicted molar refractivity (Wildman–Crippen MR) is 110 cm³/mol. The standard InChI is InChI=1S/C19H14O10S3.3Na/c1-2-7-29-14-8-15(30(20,21)22)11-5-6-13-17(32(26,27)28)9-16(31(23,24)25)12-4-3-10(14)18(11)19(12)13;;;/h2-6,8-9H,1,7H2,(H,20,21,22)(H,23,24,25)(H,26,27,28);;;/q;3*+1/p-3. The van der Waals surface area contributed by atoms with Gasteiger partial charge < -0.3 is 18.4 Å². The van der Waals surface area contributed by atoms with Crippen molar-refractivity contribution in [3.05, 3.63) is 49.1 Å². The molecule has 0 saturated carbocycles. The topological polar surface area (TPSA) is 181 Å². The minimum atomic E-state index is -5.25. The number of rotatable bonds is 6. The molecule has 0 spiro atoms. The van der Waals surface area contributed by atoms with E-state index in [4.69, 9.17) is 4.74 Å². The summed E-state index contributed by atoms with van der Waals surface area (Å²) in [4.78, 5) is -2.66. The summed E-state index contributed by atoms with van der Waals surface area (Å²) >= 11 is 0. The third-order valence-corrected chi connectivity index (χ3v) is 7.54. The Morgan fingerprint density at radius 3 is 1.37 bits per heavy atom. The molecule has 168 valence electrons. The second-order valence-corrected chi connectivity index (χ2v) is 10.8. The van der Waals surface area contributed by atoms with Crippen LogP contribution in [0.5, 0.6) is 5.75 Å². The molecule has 0 aliphatic carbocycles. The molecule has 0 fully saturated rings. The summed E-state index contributed by atoms with van der Waals surface area (Å²) in [6.45, 7) is 3.40. The molecule has 0 aromatic heterocycles. The Hall–Kier alpha value is 0.190. The van der Waals surface area contributed by atoms with Crippen molar-refractivity contribution in [3.63, 3.8) is 0 Å². The van der Waals surface area contributed by atoms with E-state index in [2.05, 4.69) is 6.58 Å². The van der Waals surface area contributed by atoms with Crippen LogP contribution in [0.15, 0.2) is 63.7 Å². The molecular formula is C19H11Na3O10S3. The molecule has 35 heavy (non-hydrogen) atoms. The van der Waals surface area contributed by atoms with E-state index in [0.29, 0.717) is 6.07 Å². The van der Waals surface area contributed by atoms with Crippen molar-refractivity contribution in [1.29, 1.82) is 0 Å². The van der Waals surface area contributed by atoms with Gasteiger partial charge in [0, 0.05) is 32.3 Å². The number of hydrogen-bond acceptors (Lipinski definition) is 10. The number of ether oxygens (including phenoxy) is 1. The van der Waals surface area contributed by atoms with E-state index in [0.717, 1.165) is 18.2 Å². The van der Waals surface area contributed by atoms with Crippen LogP contribution in [-0.4, -0.2) is 45.5 Å². The SMILES string of the molecule is C=CCOc1cc(S(=O)(=O)[O-])c2ccc3c(S(=O)(=O)[O-])cc(S(=O)(=O)[O-])c4ccc1c2c43.[Na+].[Na+].[Na+]. The van der Waals surface area contributed by atoms with Crippen molar-refractivity contribution in [2.24, 2.45) is 0 Å². The van der Waals surface area contributed by atoms with Gasteiger partial charge in [0.1, 0.15) is 42.7 Å².